The lowest BCUT2D eigenvalue weighted by Gasteiger charge is -2.16. The molecule has 96 valence electrons. The molecule has 1 heterocycles. The van der Waals surface area contributed by atoms with Crippen LogP contribution in [0.15, 0.2) is 24.3 Å². The van der Waals surface area contributed by atoms with Gasteiger partial charge in [0.15, 0.2) is 0 Å². The summed E-state index contributed by atoms with van der Waals surface area (Å²) in [7, 11) is 0. The number of fused-ring (bicyclic) bond motifs is 1. The molecule has 0 aliphatic carbocycles. The van der Waals surface area contributed by atoms with Crippen LogP contribution in [0.2, 0.25) is 0 Å². The number of para-hydroxylation sites is 1. The van der Waals surface area contributed by atoms with Crippen molar-refractivity contribution in [1.82, 2.24) is 5.32 Å². The van der Waals surface area contributed by atoms with Gasteiger partial charge in [0, 0.05) is 18.4 Å². The third-order valence-corrected chi connectivity index (χ3v) is 3.12. The van der Waals surface area contributed by atoms with Crippen molar-refractivity contribution in [2.45, 2.75) is 18.9 Å². The maximum atomic E-state index is 12.1. The number of nitrogens with one attached hydrogen (secondary N) is 1. The highest BCUT2D eigenvalue weighted by Gasteiger charge is 2.27. The average molecular weight is 253 g/mol. The number of ether oxygens (including phenoxy) is 1. The molecule has 0 saturated carbocycles. The Hall–Kier alpha value is -2.39. The lowest BCUT2D eigenvalue weighted by atomic mass is 10.00. The summed E-state index contributed by atoms with van der Waals surface area (Å²) < 4.78 is 5.52. The Morgan fingerprint density at radius 3 is 2.74 bits per heavy atom. The van der Waals surface area contributed by atoms with Crippen LogP contribution in [0.25, 0.3) is 0 Å². The zero-order chi connectivity index (χ0) is 13.7. The van der Waals surface area contributed by atoms with Crippen molar-refractivity contribution < 1.29 is 9.53 Å². The number of terminal acetylenes is 2. The van der Waals surface area contributed by atoms with Gasteiger partial charge in [-0.15, -0.1) is 24.7 Å². The molecular weight excluding hydrogens is 238 g/mol. The zero-order valence-corrected chi connectivity index (χ0v) is 10.6. The van der Waals surface area contributed by atoms with Crippen LogP contribution in [0.1, 0.15) is 24.4 Å². The van der Waals surface area contributed by atoms with Gasteiger partial charge >= 0.3 is 0 Å². The molecule has 1 aliphatic heterocycles. The highest BCUT2D eigenvalue weighted by atomic mass is 16.5. The maximum absolute atomic E-state index is 12.1. The molecule has 3 nitrogen and oxygen atoms in total. The van der Waals surface area contributed by atoms with E-state index in [1.165, 1.54) is 0 Å². The monoisotopic (exact) mass is 253 g/mol. The van der Waals surface area contributed by atoms with Crippen LogP contribution in [0, 0.1) is 30.6 Å². The van der Waals surface area contributed by atoms with Crippen molar-refractivity contribution >= 4 is 5.91 Å². The highest BCUT2D eigenvalue weighted by molar-refractivity contribution is 5.80. The normalized spacial score (nSPS) is 16.1. The molecular formula is C16H15NO2. The number of carbonyl (C=O) groups excluding carboxylic acids is 1. The fourth-order valence-electron chi connectivity index (χ4n) is 2.11. The number of rotatable bonds is 4. The summed E-state index contributed by atoms with van der Waals surface area (Å²) in [6.07, 6.45) is 11.2. The van der Waals surface area contributed by atoms with E-state index in [-0.39, 0.29) is 17.9 Å². The minimum atomic E-state index is -0.331. The molecule has 3 heteroatoms. The molecule has 1 atom stereocenters. The van der Waals surface area contributed by atoms with Gasteiger partial charge in [0.1, 0.15) is 12.4 Å². The van der Waals surface area contributed by atoms with Crippen molar-refractivity contribution in [3.05, 3.63) is 29.8 Å². The Bertz CT molecular complexity index is 535. The molecule has 0 spiro atoms. The molecule has 0 bridgehead atoms. The van der Waals surface area contributed by atoms with Crippen molar-refractivity contribution in [2.75, 3.05) is 6.61 Å². The number of carbonyl (C=O) groups is 1. The predicted octanol–water partition coefficient (Wildman–Crippen LogP) is 1.90. The van der Waals surface area contributed by atoms with E-state index in [4.69, 9.17) is 17.6 Å². The Kier molecular flexibility index (Phi) is 4.11. The van der Waals surface area contributed by atoms with Crippen LogP contribution in [-0.2, 0) is 4.79 Å². The van der Waals surface area contributed by atoms with Gasteiger partial charge in [-0.1, -0.05) is 18.2 Å². The second kappa shape index (κ2) is 5.98. The first kappa shape index (κ1) is 13.1. The molecule has 19 heavy (non-hydrogen) atoms. The highest BCUT2D eigenvalue weighted by Crippen LogP contribution is 2.31. The van der Waals surface area contributed by atoms with E-state index < -0.39 is 0 Å². The summed E-state index contributed by atoms with van der Waals surface area (Å²) in [5.41, 5.74) is 0.996. The second-order valence-electron chi connectivity index (χ2n) is 4.42. The van der Waals surface area contributed by atoms with Crippen LogP contribution in [0.3, 0.4) is 0 Å². The second-order valence-corrected chi connectivity index (χ2v) is 4.42. The van der Waals surface area contributed by atoms with Crippen LogP contribution in [0.4, 0.5) is 0 Å². The molecule has 1 amide bonds. The van der Waals surface area contributed by atoms with Gasteiger partial charge in [0.2, 0.25) is 5.91 Å². The topological polar surface area (TPSA) is 38.3 Å². The number of hydrogen-bond acceptors (Lipinski definition) is 2. The molecule has 1 aromatic rings. The molecule has 1 aliphatic rings. The van der Waals surface area contributed by atoms with Crippen LogP contribution >= 0.6 is 0 Å². The van der Waals surface area contributed by atoms with Crippen molar-refractivity contribution in [3.63, 3.8) is 0 Å². The number of hydrogen-bond donors (Lipinski definition) is 1. The quantitative estimate of drug-likeness (QED) is 0.832. The van der Waals surface area contributed by atoms with Gasteiger partial charge in [-0.25, -0.2) is 0 Å². The minimum Gasteiger partial charge on any atom is -0.491 e. The molecule has 0 unspecified atom stereocenters. The summed E-state index contributed by atoms with van der Waals surface area (Å²) in [5, 5.41) is 2.95. The molecule has 0 saturated heterocycles. The summed E-state index contributed by atoms with van der Waals surface area (Å²) in [6, 6.07) is 7.55. The first-order valence-electron chi connectivity index (χ1n) is 6.15. The summed E-state index contributed by atoms with van der Waals surface area (Å²) in [4.78, 5) is 12.1. The Morgan fingerprint density at radius 2 is 2.05 bits per heavy atom. The van der Waals surface area contributed by atoms with Crippen molar-refractivity contribution in [3.8, 4) is 30.4 Å². The van der Waals surface area contributed by atoms with E-state index in [0.717, 1.165) is 11.3 Å². The van der Waals surface area contributed by atoms with E-state index in [2.05, 4.69) is 17.2 Å². The summed E-state index contributed by atoms with van der Waals surface area (Å²) in [6.45, 7) is 0.448. The Labute approximate surface area is 113 Å². The van der Waals surface area contributed by atoms with Gasteiger partial charge in [-0.2, -0.15) is 0 Å². The maximum Gasteiger partial charge on any atom is 0.225 e. The Balaban J connectivity index is 2.04. The summed E-state index contributed by atoms with van der Waals surface area (Å²) in [5.74, 6) is 5.36. The first-order valence-corrected chi connectivity index (χ1v) is 6.15. The number of amides is 1. The molecule has 1 N–H and O–H groups in total. The van der Waals surface area contributed by atoms with Gasteiger partial charge in [0.25, 0.3) is 0 Å². The van der Waals surface area contributed by atoms with E-state index in [9.17, 15) is 4.79 Å². The minimum absolute atomic E-state index is 0.110. The third-order valence-electron chi connectivity index (χ3n) is 3.12. The summed E-state index contributed by atoms with van der Waals surface area (Å²) >= 11 is 0. The lowest BCUT2D eigenvalue weighted by Crippen LogP contribution is -2.34. The van der Waals surface area contributed by atoms with Crippen LogP contribution in [0.5, 0.6) is 5.75 Å². The molecule has 0 aromatic heterocycles. The largest absolute Gasteiger partial charge is 0.491 e. The van der Waals surface area contributed by atoms with Crippen LogP contribution < -0.4 is 10.1 Å². The van der Waals surface area contributed by atoms with Crippen molar-refractivity contribution in [1.29, 1.82) is 0 Å². The van der Waals surface area contributed by atoms with E-state index >= 15 is 0 Å². The van der Waals surface area contributed by atoms with E-state index in [0.29, 0.717) is 19.4 Å². The van der Waals surface area contributed by atoms with Crippen molar-refractivity contribution in [2.24, 2.45) is 5.92 Å². The third kappa shape index (κ3) is 2.89. The van der Waals surface area contributed by atoms with Gasteiger partial charge in [-0.3, -0.25) is 4.79 Å². The van der Waals surface area contributed by atoms with E-state index in [1.54, 1.807) is 0 Å². The van der Waals surface area contributed by atoms with Gasteiger partial charge in [-0.05, 0) is 6.07 Å². The first-order chi connectivity index (χ1) is 9.26. The Morgan fingerprint density at radius 1 is 1.37 bits per heavy atom. The average Bonchev–Trinajstić information content (AvgIpc) is 2.82. The fourth-order valence-corrected chi connectivity index (χ4v) is 2.11. The lowest BCUT2D eigenvalue weighted by molar-refractivity contribution is -0.125. The van der Waals surface area contributed by atoms with E-state index in [1.807, 2.05) is 24.3 Å². The molecule has 0 fully saturated rings. The molecule has 1 aromatic carbocycles. The fraction of sp³-hybridized carbons (Fsp3) is 0.312. The van der Waals surface area contributed by atoms with Gasteiger partial charge < -0.3 is 10.1 Å². The van der Waals surface area contributed by atoms with Crippen LogP contribution in [-0.4, -0.2) is 12.5 Å². The molecule has 2 rings (SSSR count). The molecule has 0 radical (unpaired) electrons. The SMILES string of the molecule is C#CCC(CC#C)C(=O)N[C@H]1COc2ccccc21. The smallest absolute Gasteiger partial charge is 0.225 e. The predicted molar refractivity (Wildman–Crippen MR) is 73.2 cm³/mol. The number of benzene rings is 1. The van der Waals surface area contributed by atoms with Gasteiger partial charge in [0.05, 0.1) is 12.0 Å². The standard InChI is InChI=1S/C16H15NO2/c1-3-7-12(8-4-2)16(18)17-14-11-19-15-10-6-5-9-13(14)15/h1-2,5-6,9-10,12,14H,7-8,11H2,(H,17,18)/t14-/m0/s1. The zero-order valence-electron chi connectivity index (χ0n) is 10.6.